The van der Waals surface area contributed by atoms with E-state index in [9.17, 15) is 5.11 Å². The zero-order valence-corrected chi connectivity index (χ0v) is 7.58. The predicted molar refractivity (Wildman–Crippen MR) is 48.7 cm³/mol. The maximum Gasteiger partial charge on any atom is 0.0571 e. The molecule has 0 heterocycles. The summed E-state index contributed by atoms with van der Waals surface area (Å²) < 4.78 is 0. The molecule has 2 aliphatic carbocycles. The van der Waals surface area contributed by atoms with Gasteiger partial charge in [-0.2, -0.15) is 0 Å². The summed E-state index contributed by atoms with van der Waals surface area (Å²) in [5.74, 6) is 1.32. The van der Waals surface area contributed by atoms with Gasteiger partial charge in [0.2, 0.25) is 0 Å². The van der Waals surface area contributed by atoms with E-state index in [4.69, 9.17) is 5.73 Å². The van der Waals surface area contributed by atoms with Gasteiger partial charge in [0.25, 0.3) is 0 Å². The summed E-state index contributed by atoms with van der Waals surface area (Å²) in [6, 6.07) is 0.413. The number of aliphatic hydroxyl groups is 1. The van der Waals surface area contributed by atoms with E-state index in [1.807, 2.05) is 0 Å². The molecule has 2 aliphatic rings. The molecule has 2 heteroatoms. The minimum absolute atomic E-state index is 0.0174. The summed E-state index contributed by atoms with van der Waals surface area (Å²) in [6.45, 7) is 0. The van der Waals surface area contributed by atoms with Crippen LogP contribution in [0.5, 0.6) is 0 Å². The Morgan fingerprint density at radius 3 is 2.75 bits per heavy atom. The first-order valence-corrected chi connectivity index (χ1v) is 5.21. The molecule has 0 aromatic carbocycles. The lowest BCUT2D eigenvalue weighted by Crippen LogP contribution is -2.41. The molecule has 0 bridgehead atoms. The van der Waals surface area contributed by atoms with Crippen molar-refractivity contribution in [1.29, 1.82) is 0 Å². The molecular weight excluding hydrogens is 150 g/mol. The molecule has 2 rings (SSSR count). The lowest BCUT2D eigenvalue weighted by atomic mass is 9.68. The van der Waals surface area contributed by atoms with Crippen LogP contribution in [0.15, 0.2) is 0 Å². The summed E-state index contributed by atoms with van der Waals surface area (Å²) in [5.41, 5.74) is 5.91. The van der Waals surface area contributed by atoms with Gasteiger partial charge in [-0.25, -0.2) is 0 Å². The molecule has 3 N–H and O–H groups in total. The average Bonchev–Trinajstić information content (AvgIpc) is 2.04. The number of hydrogen-bond donors (Lipinski definition) is 2. The van der Waals surface area contributed by atoms with Gasteiger partial charge in [-0.3, -0.25) is 0 Å². The quantitative estimate of drug-likeness (QED) is 0.573. The summed E-state index contributed by atoms with van der Waals surface area (Å²) in [4.78, 5) is 0. The van der Waals surface area contributed by atoms with E-state index in [1.54, 1.807) is 0 Å². The first-order chi connectivity index (χ1) is 5.77. The lowest BCUT2D eigenvalue weighted by Gasteiger charge is -2.41. The Kier molecular flexibility index (Phi) is 2.37. The van der Waals surface area contributed by atoms with Crippen LogP contribution in [-0.4, -0.2) is 17.3 Å². The van der Waals surface area contributed by atoms with E-state index >= 15 is 0 Å². The van der Waals surface area contributed by atoms with E-state index in [0.717, 1.165) is 31.6 Å². The molecule has 4 unspecified atom stereocenters. The number of hydrogen-bond acceptors (Lipinski definition) is 2. The molecule has 0 saturated heterocycles. The molecule has 0 amide bonds. The number of nitrogens with two attached hydrogens (primary N) is 1. The fourth-order valence-corrected chi connectivity index (χ4v) is 2.97. The molecule has 0 spiro atoms. The van der Waals surface area contributed by atoms with Crippen molar-refractivity contribution in [1.82, 2.24) is 0 Å². The van der Waals surface area contributed by atoms with Gasteiger partial charge in [0.15, 0.2) is 0 Å². The Morgan fingerprint density at radius 2 is 1.92 bits per heavy atom. The van der Waals surface area contributed by atoms with Crippen molar-refractivity contribution >= 4 is 0 Å². The highest BCUT2D eigenvalue weighted by atomic mass is 16.3. The standard InChI is InChI=1S/C10H19NO/c11-8-4-5-9-7(6-8)2-1-3-10(9)12/h7-10,12H,1-6,11H2. The second kappa shape index (κ2) is 3.35. The highest BCUT2D eigenvalue weighted by Crippen LogP contribution is 2.39. The molecule has 2 saturated carbocycles. The third-order valence-electron chi connectivity index (χ3n) is 3.65. The van der Waals surface area contributed by atoms with E-state index in [1.165, 1.54) is 12.8 Å². The molecule has 2 nitrogen and oxygen atoms in total. The van der Waals surface area contributed by atoms with Crippen LogP contribution < -0.4 is 5.73 Å². The highest BCUT2D eigenvalue weighted by Gasteiger charge is 2.35. The van der Waals surface area contributed by atoms with Crippen LogP contribution in [-0.2, 0) is 0 Å². The third-order valence-corrected chi connectivity index (χ3v) is 3.65. The SMILES string of the molecule is NC1CCC2C(O)CCCC2C1. The summed E-state index contributed by atoms with van der Waals surface area (Å²) in [6.07, 6.45) is 6.95. The zero-order valence-electron chi connectivity index (χ0n) is 7.58. The molecule has 12 heavy (non-hydrogen) atoms. The van der Waals surface area contributed by atoms with Crippen LogP contribution in [0.4, 0.5) is 0 Å². The number of aliphatic hydroxyl groups excluding tert-OH is 1. The molecule has 0 radical (unpaired) electrons. The van der Waals surface area contributed by atoms with Crippen molar-refractivity contribution < 1.29 is 5.11 Å². The Labute approximate surface area is 74.1 Å². The van der Waals surface area contributed by atoms with Gasteiger partial charge in [-0.05, 0) is 43.9 Å². The normalized spacial score (nSPS) is 48.5. The van der Waals surface area contributed by atoms with Gasteiger partial charge in [0.05, 0.1) is 6.10 Å². The second-order valence-electron chi connectivity index (χ2n) is 4.50. The van der Waals surface area contributed by atoms with Gasteiger partial charge in [0, 0.05) is 6.04 Å². The Balaban J connectivity index is 1.99. The number of rotatable bonds is 0. The van der Waals surface area contributed by atoms with Crippen molar-refractivity contribution in [3.05, 3.63) is 0 Å². The van der Waals surface area contributed by atoms with Crippen molar-refractivity contribution in [2.24, 2.45) is 17.6 Å². The zero-order chi connectivity index (χ0) is 8.55. The molecule has 0 aliphatic heterocycles. The van der Waals surface area contributed by atoms with Crippen molar-refractivity contribution in [3.8, 4) is 0 Å². The van der Waals surface area contributed by atoms with Crippen molar-refractivity contribution in [3.63, 3.8) is 0 Å². The molecule has 2 fully saturated rings. The van der Waals surface area contributed by atoms with Gasteiger partial charge < -0.3 is 10.8 Å². The molecule has 4 atom stereocenters. The van der Waals surface area contributed by atoms with E-state index in [-0.39, 0.29) is 6.10 Å². The molecule has 0 aromatic rings. The fourth-order valence-electron chi connectivity index (χ4n) is 2.97. The van der Waals surface area contributed by atoms with Crippen LogP contribution >= 0.6 is 0 Å². The second-order valence-corrected chi connectivity index (χ2v) is 4.50. The van der Waals surface area contributed by atoms with E-state index in [0.29, 0.717) is 12.0 Å². The van der Waals surface area contributed by atoms with Gasteiger partial charge in [0.1, 0.15) is 0 Å². The maximum absolute atomic E-state index is 9.75. The lowest BCUT2D eigenvalue weighted by molar-refractivity contribution is 0.00644. The monoisotopic (exact) mass is 169 g/mol. The smallest absolute Gasteiger partial charge is 0.0571 e. The van der Waals surface area contributed by atoms with E-state index < -0.39 is 0 Å². The van der Waals surface area contributed by atoms with Crippen molar-refractivity contribution in [2.75, 3.05) is 0 Å². The third kappa shape index (κ3) is 1.50. The average molecular weight is 169 g/mol. The van der Waals surface area contributed by atoms with Gasteiger partial charge in [-0.1, -0.05) is 6.42 Å². The van der Waals surface area contributed by atoms with Crippen LogP contribution in [0.25, 0.3) is 0 Å². The molecular formula is C10H19NO. The fraction of sp³-hybridized carbons (Fsp3) is 1.00. The Hall–Kier alpha value is -0.0800. The Morgan fingerprint density at radius 1 is 1.08 bits per heavy atom. The topological polar surface area (TPSA) is 46.2 Å². The highest BCUT2D eigenvalue weighted by molar-refractivity contribution is 4.88. The molecule has 0 aromatic heterocycles. The first kappa shape index (κ1) is 8.52. The predicted octanol–water partition coefficient (Wildman–Crippen LogP) is 1.27. The molecule has 70 valence electrons. The minimum atomic E-state index is -0.0174. The Bertz CT molecular complexity index is 160. The first-order valence-electron chi connectivity index (χ1n) is 5.21. The summed E-state index contributed by atoms with van der Waals surface area (Å²) >= 11 is 0. The number of fused-ring (bicyclic) bond motifs is 1. The maximum atomic E-state index is 9.75. The van der Waals surface area contributed by atoms with Crippen LogP contribution in [0.1, 0.15) is 38.5 Å². The van der Waals surface area contributed by atoms with E-state index in [2.05, 4.69) is 0 Å². The van der Waals surface area contributed by atoms with Crippen LogP contribution in [0.3, 0.4) is 0 Å². The minimum Gasteiger partial charge on any atom is -0.393 e. The van der Waals surface area contributed by atoms with Crippen LogP contribution in [0.2, 0.25) is 0 Å². The van der Waals surface area contributed by atoms with Crippen molar-refractivity contribution in [2.45, 2.75) is 50.7 Å². The van der Waals surface area contributed by atoms with Gasteiger partial charge >= 0.3 is 0 Å². The van der Waals surface area contributed by atoms with Crippen LogP contribution in [0, 0.1) is 11.8 Å². The summed E-state index contributed by atoms with van der Waals surface area (Å²) in [5, 5.41) is 9.75. The largest absolute Gasteiger partial charge is 0.393 e. The van der Waals surface area contributed by atoms with Gasteiger partial charge in [-0.15, -0.1) is 0 Å². The summed E-state index contributed by atoms with van der Waals surface area (Å²) in [7, 11) is 0.